The minimum Gasteiger partial charge on any atom is -0.481 e. The Balaban J connectivity index is 1.88. The molecule has 3 fully saturated rings. The second-order valence-electron chi connectivity index (χ2n) is 10.1. The molecule has 2 N–H and O–H groups in total. The summed E-state index contributed by atoms with van der Waals surface area (Å²) >= 11 is 0. The minimum atomic E-state index is -1.24. The number of likely N-dealkylation sites (tertiary alicyclic amines) is 1. The van der Waals surface area contributed by atoms with Crippen LogP contribution in [0.4, 0.5) is 5.69 Å². The Morgan fingerprint density at radius 2 is 2.06 bits per heavy atom. The number of amides is 2. The quantitative estimate of drug-likeness (QED) is 0.565. The highest BCUT2D eigenvalue weighted by Crippen LogP contribution is 2.63. The highest BCUT2D eigenvalue weighted by atomic mass is 16.5. The van der Waals surface area contributed by atoms with E-state index in [1.165, 1.54) is 4.90 Å². The van der Waals surface area contributed by atoms with Crippen LogP contribution in [-0.4, -0.2) is 69.3 Å². The summed E-state index contributed by atoms with van der Waals surface area (Å²) in [6.45, 7) is 11.1. The lowest BCUT2D eigenvalue weighted by atomic mass is 9.66. The number of benzene rings is 1. The number of ether oxygens (including phenoxy) is 1. The average molecular weight is 471 g/mol. The molecule has 1 aromatic carbocycles. The summed E-state index contributed by atoms with van der Waals surface area (Å²) in [7, 11) is 0. The Hall–Kier alpha value is -2.71. The molecule has 0 radical (unpaired) electrons. The number of carbonyl (C=O) groups excluding carboxylic acids is 2. The fourth-order valence-corrected chi connectivity index (χ4v) is 6.42. The summed E-state index contributed by atoms with van der Waals surface area (Å²) in [5, 5.41) is 20.2. The Morgan fingerprint density at radius 1 is 1.35 bits per heavy atom. The maximum Gasteiger partial charge on any atom is 0.310 e. The third kappa shape index (κ3) is 3.30. The summed E-state index contributed by atoms with van der Waals surface area (Å²) in [6.07, 6.45) is 2.92. The zero-order valence-electron chi connectivity index (χ0n) is 20.3. The maximum absolute atomic E-state index is 14.4. The van der Waals surface area contributed by atoms with Crippen LogP contribution in [0.25, 0.3) is 0 Å². The average Bonchev–Trinajstić information content (AvgIpc) is 3.36. The van der Waals surface area contributed by atoms with Gasteiger partial charge in [0, 0.05) is 12.2 Å². The standard InChI is InChI=1S/C26H34N2O6/c1-6-12-27(18-13-15(3)8-9-16(18)4)23(31)21-26-11-10-25(5,34-26)20(24(32)33)19(26)22(30)28(21)17(7-2)14-29/h6,8-9,13,17,19-21,29H,1,7,10-12,14H2,2-5H3,(H,32,33)/t17-,19-,20-,21?,25+,26?/m0/s1. The van der Waals surface area contributed by atoms with Gasteiger partial charge in [0.2, 0.25) is 5.91 Å². The van der Waals surface area contributed by atoms with Crippen LogP contribution < -0.4 is 4.90 Å². The van der Waals surface area contributed by atoms with Crippen molar-refractivity contribution in [1.82, 2.24) is 4.90 Å². The van der Waals surface area contributed by atoms with Crippen molar-refractivity contribution in [2.75, 3.05) is 18.1 Å². The normalized spacial score (nSPS) is 32.6. The molecule has 184 valence electrons. The van der Waals surface area contributed by atoms with Crippen LogP contribution in [0.1, 0.15) is 44.2 Å². The van der Waals surface area contributed by atoms with E-state index in [0.717, 1.165) is 11.1 Å². The smallest absolute Gasteiger partial charge is 0.310 e. The monoisotopic (exact) mass is 470 g/mol. The number of aliphatic hydroxyl groups excluding tert-OH is 1. The Labute approximate surface area is 200 Å². The number of carboxylic acid groups (broad SMARTS) is 1. The van der Waals surface area contributed by atoms with Gasteiger partial charge >= 0.3 is 5.97 Å². The highest BCUT2D eigenvalue weighted by Gasteiger charge is 2.78. The van der Waals surface area contributed by atoms with Gasteiger partial charge in [0.1, 0.15) is 11.6 Å². The van der Waals surface area contributed by atoms with Gasteiger partial charge in [0.05, 0.1) is 30.1 Å². The Kier molecular flexibility index (Phi) is 6.10. The predicted molar refractivity (Wildman–Crippen MR) is 126 cm³/mol. The maximum atomic E-state index is 14.4. The van der Waals surface area contributed by atoms with Gasteiger partial charge in [0.15, 0.2) is 0 Å². The van der Waals surface area contributed by atoms with Crippen molar-refractivity contribution < 1.29 is 29.3 Å². The molecule has 34 heavy (non-hydrogen) atoms. The number of aryl methyl sites for hydroxylation is 2. The van der Waals surface area contributed by atoms with Crippen molar-refractivity contribution in [3.63, 3.8) is 0 Å². The van der Waals surface area contributed by atoms with Crippen LogP contribution in [0.2, 0.25) is 0 Å². The van der Waals surface area contributed by atoms with E-state index in [2.05, 4.69) is 6.58 Å². The first-order valence-electron chi connectivity index (χ1n) is 11.9. The van der Waals surface area contributed by atoms with E-state index in [0.29, 0.717) is 24.9 Å². The largest absolute Gasteiger partial charge is 0.481 e. The first kappa shape index (κ1) is 24.4. The predicted octanol–water partition coefficient (Wildman–Crippen LogP) is 2.44. The minimum absolute atomic E-state index is 0.220. The van der Waals surface area contributed by atoms with Gasteiger partial charge < -0.3 is 24.7 Å². The van der Waals surface area contributed by atoms with E-state index >= 15 is 0 Å². The van der Waals surface area contributed by atoms with Gasteiger partial charge in [0.25, 0.3) is 5.91 Å². The van der Waals surface area contributed by atoms with Crippen molar-refractivity contribution in [2.24, 2.45) is 11.8 Å². The van der Waals surface area contributed by atoms with E-state index in [9.17, 15) is 24.6 Å². The lowest BCUT2D eigenvalue weighted by molar-refractivity contribution is -0.155. The molecule has 3 aliphatic heterocycles. The number of fused-ring (bicyclic) bond motifs is 1. The zero-order valence-corrected chi connectivity index (χ0v) is 20.3. The van der Waals surface area contributed by atoms with Crippen LogP contribution in [0.3, 0.4) is 0 Å². The molecule has 8 heteroatoms. The zero-order chi connectivity index (χ0) is 25.0. The third-order valence-corrected chi connectivity index (χ3v) is 8.02. The molecule has 2 amide bonds. The van der Waals surface area contributed by atoms with Crippen molar-refractivity contribution in [1.29, 1.82) is 0 Å². The summed E-state index contributed by atoms with van der Waals surface area (Å²) in [5.74, 6) is -3.87. The molecule has 6 atom stereocenters. The number of rotatable bonds is 8. The molecule has 1 spiro atoms. The molecule has 8 nitrogen and oxygen atoms in total. The van der Waals surface area contributed by atoms with E-state index < -0.39 is 47.0 Å². The van der Waals surface area contributed by atoms with Gasteiger partial charge in [-0.3, -0.25) is 14.4 Å². The van der Waals surface area contributed by atoms with Crippen molar-refractivity contribution in [3.05, 3.63) is 42.0 Å². The molecule has 0 aromatic heterocycles. The molecule has 3 aliphatic rings. The van der Waals surface area contributed by atoms with Crippen LogP contribution in [0, 0.1) is 25.7 Å². The molecule has 1 aromatic rings. The van der Waals surface area contributed by atoms with Crippen LogP contribution in [-0.2, 0) is 19.1 Å². The van der Waals surface area contributed by atoms with Gasteiger partial charge in [-0.1, -0.05) is 25.1 Å². The first-order chi connectivity index (χ1) is 16.1. The molecule has 3 heterocycles. The topological polar surface area (TPSA) is 107 Å². The van der Waals surface area contributed by atoms with Gasteiger partial charge in [-0.25, -0.2) is 0 Å². The van der Waals surface area contributed by atoms with Crippen LogP contribution >= 0.6 is 0 Å². The molecule has 2 bridgehead atoms. The third-order valence-electron chi connectivity index (χ3n) is 8.02. The number of carboxylic acids is 1. The molecule has 0 saturated carbocycles. The number of anilines is 1. The molecular weight excluding hydrogens is 436 g/mol. The van der Waals surface area contributed by atoms with Crippen molar-refractivity contribution >= 4 is 23.5 Å². The summed E-state index contributed by atoms with van der Waals surface area (Å²) in [5.41, 5.74) is 0.331. The fraction of sp³-hybridized carbons (Fsp3) is 0.577. The van der Waals surface area contributed by atoms with Crippen molar-refractivity contribution in [3.8, 4) is 0 Å². The van der Waals surface area contributed by atoms with E-state index in [1.807, 2.05) is 39.0 Å². The molecule has 4 rings (SSSR count). The molecule has 3 saturated heterocycles. The van der Waals surface area contributed by atoms with Crippen molar-refractivity contribution in [2.45, 2.75) is 70.2 Å². The van der Waals surface area contributed by atoms with Crippen LogP contribution in [0.5, 0.6) is 0 Å². The van der Waals surface area contributed by atoms with E-state index in [4.69, 9.17) is 4.74 Å². The summed E-state index contributed by atoms with van der Waals surface area (Å²) in [6, 6.07) is 4.18. The lowest BCUT2D eigenvalue weighted by Crippen LogP contribution is -2.59. The summed E-state index contributed by atoms with van der Waals surface area (Å²) < 4.78 is 6.44. The first-order valence-corrected chi connectivity index (χ1v) is 11.9. The summed E-state index contributed by atoms with van der Waals surface area (Å²) in [4.78, 5) is 43.5. The van der Waals surface area contributed by atoms with Crippen LogP contribution in [0.15, 0.2) is 30.9 Å². The second kappa shape index (κ2) is 8.50. The number of hydrogen-bond acceptors (Lipinski definition) is 5. The molecule has 0 aliphatic carbocycles. The number of carbonyl (C=O) groups is 3. The highest BCUT2D eigenvalue weighted by molar-refractivity contribution is 6.05. The fourth-order valence-electron chi connectivity index (χ4n) is 6.42. The number of aliphatic hydroxyl groups is 1. The SMILES string of the molecule is C=CCN(C(=O)C1N([C@@H](CC)CO)C(=O)[C@@H]2[C@@H](C(=O)O)[C@@]3(C)CCC12O3)c1cc(C)ccc1C. The second-order valence-corrected chi connectivity index (χ2v) is 10.1. The van der Waals surface area contributed by atoms with Gasteiger partial charge in [-0.15, -0.1) is 6.58 Å². The molecule has 2 unspecified atom stereocenters. The van der Waals surface area contributed by atoms with E-state index in [1.54, 1.807) is 17.9 Å². The molecular formula is C26H34N2O6. The Morgan fingerprint density at radius 3 is 2.65 bits per heavy atom. The van der Waals surface area contributed by atoms with Gasteiger partial charge in [-0.2, -0.15) is 0 Å². The number of aliphatic carboxylic acids is 1. The number of hydrogen-bond donors (Lipinski definition) is 2. The number of nitrogens with zero attached hydrogens (tertiary/aromatic N) is 2. The van der Waals surface area contributed by atoms with Gasteiger partial charge in [-0.05, 0) is 57.2 Å². The van der Waals surface area contributed by atoms with E-state index in [-0.39, 0.29) is 19.1 Å². The lowest BCUT2D eigenvalue weighted by Gasteiger charge is -2.39. The Bertz CT molecular complexity index is 1040.